The van der Waals surface area contributed by atoms with Crippen LogP contribution in [-0.2, 0) is 18.4 Å². The van der Waals surface area contributed by atoms with Crippen LogP contribution in [0.1, 0.15) is 63.1 Å². The molecule has 216 valence electrons. The van der Waals surface area contributed by atoms with E-state index in [0.717, 1.165) is 35.3 Å². The highest BCUT2D eigenvalue weighted by Gasteiger charge is 2.35. The number of hydrogen-bond acceptors (Lipinski definition) is 5. The van der Waals surface area contributed by atoms with Crippen molar-refractivity contribution in [1.82, 2.24) is 9.55 Å². The first-order valence-corrected chi connectivity index (χ1v) is 13.1. The largest absolute Gasteiger partial charge is 0.483 e. The number of alkyl halides is 3. The number of aryl methyl sites for hydroxylation is 2. The van der Waals surface area contributed by atoms with Gasteiger partial charge in [-0.3, -0.25) is 14.2 Å². The molecule has 3 aromatic rings. The van der Waals surface area contributed by atoms with Crippen LogP contribution in [0.2, 0.25) is 0 Å². The smallest absolute Gasteiger partial charge is 0.379 e. The molecule has 0 amide bonds. The Kier molecular flexibility index (Phi) is 14.1. The second-order valence-electron chi connectivity index (χ2n) is 9.20. The van der Waals surface area contributed by atoms with Crippen molar-refractivity contribution >= 4 is 29.0 Å². The van der Waals surface area contributed by atoms with Crippen LogP contribution >= 0.6 is 0 Å². The molecule has 0 bridgehead atoms. The lowest BCUT2D eigenvalue weighted by Gasteiger charge is -2.41. The summed E-state index contributed by atoms with van der Waals surface area (Å²) in [7, 11) is 1.81. The fourth-order valence-corrected chi connectivity index (χ4v) is 4.46. The zero-order valence-electron chi connectivity index (χ0n) is 23.7. The third-order valence-corrected chi connectivity index (χ3v) is 6.80. The summed E-state index contributed by atoms with van der Waals surface area (Å²) in [5.74, 6) is 0.660. The Bertz CT molecular complexity index is 1240. The van der Waals surface area contributed by atoms with Crippen molar-refractivity contribution in [3.8, 4) is 0 Å². The standard InChI is InChI=1S/C25H32N4O.C2H6.CHF3.CH2O2/c1-5-25(11-8-12-25)16-27-24-28-22-19(15-26-21-10-7-6-9-18(21)3)13-17(2)14-20(22)23(30)29(24)4;1-2;2-1(3)4;2-1-3/h6-7,9-10,13-14,26H,5,8,11-12,15-16H2,1-4H3,(H,27,28);1-2H3;1H;1H,(H,2,3). The number of aromatic nitrogens is 2. The van der Waals surface area contributed by atoms with Gasteiger partial charge in [0.05, 0.1) is 10.9 Å². The average molecular weight is 551 g/mol. The normalized spacial score (nSPS) is 13.0. The zero-order valence-corrected chi connectivity index (χ0v) is 23.7. The molecule has 1 aliphatic rings. The maximum atomic E-state index is 13.1. The minimum atomic E-state index is -3.67. The number of para-hydroxylation sites is 1. The predicted molar refractivity (Wildman–Crippen MR) is 152 cm³/mol. The van der Waals surface area contributed by atoms with E-state index in [1.807, 2.05) is 46.0 Å². The fourth-order valence-electron chi connectivity index (χ4n) is 4.46. The summed E-state index contributed by atoms with van der Waals surface area (Å²) in [6.07, 6.45) is 4.96. The van der Waals surface area contributed by atoms with E-state index >= 15 is 0 Å². The molecule has 1 saturated carbocycles. The molecule has 3 N–H and O–H groups in total. The zero-order chi connectivity index (χ0) is 29.6. The highest BCUT2D eigenvalue weighted by atomic mass is 19.4. The van der Waals surface area contributed by atoms with Crippen LogP contribution in [0.4, 0.5) is 24.8 Å². The Morgan fingerprint density at radius 1 is 1.13 bits per heavy atom. The van der Waals surface area contributed by atoms with Crippen molar-refractivity contribution in [2.75, 3.05) is 17.2 Å². The number of anilines is 2. The van der Waals surface area contributed by atoms with Crippen molar-refractivity contribution in [3.63, 3.8) is 0 Å². The summed E-state index contributed by atoms with van der Waals surface area (Å²) in [6.45, 7) is 7.96. The molecule has 0 radical (unpaired) electrons. The fraction of sp³-hybridized carbons (Fsp3) is 0.483. The van der Waals surface area contributed by atoms with Crippen molar-refractivity contribution < 1.29 is 23.1 Å². The topological polar surface area (TPSA) is 96.3 Å². The van der Waals surface area contributed by atoms with Crippen molar-refractivity contribution in [2.24, 2.45) is 12.5 Å². The third kappa shape index (κ3) is 9.60. The Morgan fingerprint density at radius 2 is 1.72 bits per heavy atom. The van der Waals surface area contributed by atoms with Crippen LogP contribution in [0, 0.1) is 19.3 Å². The molecule has 0 saturated heterocycles. The molecule has 7 nitrogen and oxygen atoms in total. The third-order valence-electron chi connectivity index (χ3n) is 6.80. The van der Waals surface area contributed by atoms with Crippen LogP contribution < -0.4 is 16.2 Å². The van der Waals surface area contributed by atoms with E-state index < -0.39 is 6.68 Å². The van der Waals surface area contributed by atoms with Gasteiger partial charge in [0.2, 0.25) is 5.95 Å². The predicted octanol–water partition coefficient (Wildman–Crippen LogP) is 7.06. The molecule has 0 spiro atoms. The Morgan fingerprint density at radius 3 is 2.23 bits per heavy atom. The summed E-state index contributed by atoms with van der Waals surface area (Å²) in [6, 6.07) is 12.3. The Labute approximate surface area is 228 Å². The molecule has 4 rings (SSSR count). The summed E-state index contributed by atoms with van der Waals surface area (Å²) in [5, 5.41) is 14.6. The number of nitrogens with one attached hydrogen (secondary N) is 2. The minimum absolute atomic E-state index is 0.00231. The Balaban J connectivity index is 0.000000748. The lowest BCUT2D eigenvalue weighted by atomic mass is 9.67. The number of rotatable bonds is 7. The number of carboxylic acid groups (broad SMARTS) is 1. The molecular weight excluding hydrogens is 509 g/mol. The quantitative estimate of drug-likeness (QED) is 0.273. The molecule has 1 fully saturated rings. The first-order valence-electron chi connectivity index (χ1n) is 13.1. The molecule has 1 aromatic heterocycles. The number of hydrogen-bond donors (Lipinski definition) is 3. The molecule has 1 aliphatic carbocycles. The lowest BCUT2D eigenvalue weighted by molar-refractivity contribution is -0.122. The van der Waals surface area contributed by atoms with Gasteiger partial charge in [-0.15, -0.1) is 0 Å². The van der Waals surface area contributed by atoms with Gasteiger partial charge < -0.3 is 15.7 Å². The van der Waals surface area contributed by atoms with Gasteiger partial charge in [-0.1, -0.05) is 51.5 Å². The van der Waals surface area contributed by atoms with Crippen molar-refractivity contribution in [3.05, 3.63) is 63.4 Å². The summed E-state index contributed by atoms with van der Waals surface area (Å²) in [4.78, 5) is 26.4. The monoisotopic (exact) mass is 550 g/mol. The van der Waals surface area contributed by atoms with E-state index in [-0.39, 0.29) is 12.0 Å². The molecule has 1 heterocycles. The molecule has 10 heteroatoms. The second-order valence-corrected chi connectivity index (χ2v) is 9.20. The number of carbonyl (C=O) groups is 1. The van der Waals surface area contributed by atoms with Crippen molar-refractivity contribution in [1.29, 1.82) is 0 Å². The number of halogens is 3. The molecule has 0 atom stereocenters. The van der Waals surface area contributed by atoms with E-state index in [2.05, 4.69) is 42.7 Å². The second kappa shape index (κ2) is 16.4. The van der Waals surface area contributed by atoms with Gasteiger partial charge >= 0.3 is 6.68 Å². The van der Waals surface area contributed by atoms with E-state index in [1.54, 1.807) is 4.57 Å². The first kappa shape index (κ1) is 33.5. The van der Waals surface area contributed by atoms with Crippen molar-refractivity contribution in [2.45, 2.75) is 73.5 Å². The highest BCUT2D eigenvalue weighted by molar-refractivity contribution is 5.83. The van der Waals surface area contributed by atoms with Gasteiger partial charge in [-0.05, 0) is 67.3 Å². The van der Waals surface area contributed by atoms with Crippen LogP contribution in [0.5, 0.6) is 0 Å². The summed E-state index contributed by atoms with van der Waals surface area (Å²) < 4.78 is 30.7. The van der Waals surface area contributed by atoms with Crippen LogP contribution in [0.25, 0.3) is 10.9 Å². The van der Waals surface area contributed by atoms with Gasteiger partial charge in [-0.2, -0.15) is 13.2 Å². The maximum absolute atomic E-state index is 13.1. The van der Waals surface area contributed by atoms with Crippen LogP contribution in [-0.4, -0.2) is 34.4 Å². The number of nitrogens with zero attached hydrogens (tertiary/aromatic N) is 2. The SMILES string of the molecule is CC.CCC1(CNc2nc3c(CNc4ccccc4C)cc(C)cc3c(=O)n2C)CCC1.FC(F)F.O=CO. The van der Waals surface area contributed by atoms with Gasteiger partial charge in [0, 0.05) is 25.8 Å². The maximum Gasteiger partial charge on any atom is 0.379 e. The Hall–Kier alpha value is -3.56. The van der Waals surface area contributed by atoms with E-state index in [0.29, 0.717) is 23.3 Å². The summed E-state index contributed by atoms with van der Waals surface area (Å²) in [5.41, 5.74) is 5.56. The molecule has 0 aliphatic heterocycles. The minimum Gasteiger partial charge on any atom is -0.483 e. The lowest BCUT2D eigenvalue weighted by Crippen LogP contribution is -2.37. The molecule has 0 unspecified atom stereocenters. The molecule has 2 aromatic carbocycles. The van der Waals surface area contributed by atoms with E-state index in [9.17, 15) is 18.0 Å². The number of benzene rings is 2. The molecular formula is C29H41F3N4O3. The number of fused-ring (bicyclic) bond motifs is 1. The van der Waals surface area contributed by atoms with E-state index in [4.69, 9.17) is 14.9 Å². The van der Waals surface area contributed by atoms with Gasteiger partial charge in [0.25, 0.3) is 12.0 Å². The van der Waals surface area contributed by atoms with Crippen LogP contribution in [0.15, 0.2) is 41.2 Å². The van der Waals surface area contributed by atoms with Gasteiger partial charge in [-0.25, -0.2) is 4.98 Å². The first-order chi connectivity index (χ1) is 18.6. The van der Waals surface area contributed by atoms with E-state index in [1.165, 1.54) is 24.8 Å². The van der Waals surface area contributed by atoms with Gasteiger partial charge in [0.15, 0.2) is 0 Å². The summed E-state index contributed by atoms with van der Waals surface area (Å²) >= 11 is 0. The highest BCUT2D eigenvalue weighted by Crippen LogP contribution is 2.43. The van der Waals surface area contributed by atoms with Gasteiger partial charge in [0.1, 0.15) is 0 Å². The average Bonchev–Trinajstić information content (AvgIpc) is 2.87. The van der Waals surface area contributed by atoms with Crippen LogP contribution in [0.3, 0.4) is 0 Å². The molecule has 39 heavy (non-hydrogen) atoms.